The maximum Gasteiger partial charge on any atom is 0.216 e. The fraction of sp³-hybridized carbons (Fsp3) is 0.211. The van der Waals surface area contributed by atoms with Gasteiger partial charge in [0.25, 0.3) is 0 Å². The van der Waals surface area contributed by atoms with Crippen LogP contribution < -0.4 is 9.47 Å². The first kappa shape index (κ1) is 19.8. The molecular weight excluding hydrogens is 374 g/mol. The minimum Gasteiger partial charge on any atom is -0.493 e. The molecule has 0 atom stereocenters. The molecule has 0 saturated carbocycles. The van der Waals surface area contributed by atoms with Gasteiger partial charge in [0.1, 0.15) is 11.0 Å². The summed E-state index contributed by atoms with van der Waals surface area (Å²) in [7, 11) is -2.49. The molecule has 0 fully saturated rings. The van der Waals surface area contributed by atoms with Gasteiger partial charge < -0.3 is 9.47 Å². The van der Waals surface area contributed by atoms with Crippen LogP contribution in [-0.4, -0.2) is 21.6 Å². The van der Waals surface area contributed by atoms with Crippen molar-refractivity contribution in [2.24, 2.45) is 0 Å². The van der Waals surface area contributed by atoms with Crippen LogP contribution in [0.4, 0.5) is 0 Å². The molecular formula is C19H18ClNO4S. The van der Waals surface area contributed by atoms with Crippen LogP contribution in [0.15, 0.2) is 52.3 Å². The molecule has 2 aromatic rings. The SMILES string of the molecule is COc1cccc(C=C(C#N)S(=O)(=O)c2ccc(Cl)cc2)c1OC(C)C. The topological polar surface area (TPSA) is 76.4 Å². The lowest BCUT2D eigenvalue weighted by Crippen LogP contribution is -2.08. The number of sulfone groups is 1. The molecule has 0 aliphatic heterocycles. The van der Waals surface area contributed by atoms with Gasteiger partial charge in [0.15, 0.2) is 11.5 Å². The van der Waals surface area contributed by atoms with Crippen molar-refractivity contribution in [1.82, 2.24) is 0 Å². The predicted molar refractivity (Wildman–Crippen MR) is 101 cm³/mol. The summed E-state index contributed by atoms with van der Waals surface area (Å²) >= 11 is 5.80. The lowest BCUT2D eigenvalue weighted by Gasteiger charge is -2.16. The molecule has 26 heavy (non-hydrogen) atoms. The molecule has 0 amide bonds. The zero-order valence-electron chi connectivity index (χ0n) is 14.6. The van der Waals surface area contributed by atoms with E-state index in [1.165, 1.54) is 37.5 Å². The second kappa shape index (κ2) is 8.26. The lowest BCUT2D eigenvalue weighted by molar-refractivity contribution is 0.229. The van der Waals surface area contributed by atoms with E-state index in [4.69, 9.17) is 21.1 Å². The van der Waals surface area contributed by atoms with Crippen molar-refractivity contribution >= 4 is 27.5 Å². The summed E-state index contributed by atoms with van der Waals surface area (Å²) in [5.41, 5.74) is 0.437. The minimum atomic E-state index is -3.99. The highest BCUT2D eigenvalue weighted by atomic mass is 35.5. The summed E-state index contributed by atoms with van der Waals surface area (Å²) < 4.78 is 36.6. The number of ether oxygens (including phenoxy) is 2. The summed E-state index contributed by atoms with van der Waals surface area (Å²) in [5, 5.41) is 9.85. The van der Waals surface area contributed by atoms with E-state index in [9.17, 15) is 13.7 Å². The Morgan fingerprint density at radius 3 is 2.38 bits per heavy atom. The van der Waals surface area contributed by atoms with Crippen LogP contribution in [0.1, 0.15) is 19.4 Å². The number of benzene rings is 2. The van der Waals surface area contributed by atoms with Crippen molar-refractivity contribution in [3.8, 4) is 17.6 Å². The average molecular weight is 392 g/mol. The van der Waals surface area contributed by atoms with Crippen molar-refractivity contribution < 1.29 is 17.9 Å². The number of methoxy groups -OCH3 is 1. The summed E-state index contributed by atoms with van der Waals surface area (Å²) in [6.45, 7) is 3.69. The third-order valence-electron chi connectivity index (χ3n) is 3.39. The van der Waals surface area contributed by atoms with Gasteiger partial charge in [0.05, 0.1) is 18.1 Å². The lowest BCUT2D eigenvalue weighted by atomic mass is 10.1. The van der Waals surface area contributed by atoms with E-state index >= 15 is 0 Å². The fourth-order valence-corrected chi connectivity index (χ4v) is 3.50. The fourth-order valence-electron chi connectivity index (χ4n) is 2.22. The Bertz CT molecular complexity index is 958. The molecule has 0 bridgehead atoms. The first-order chi connectivity index (χ1) is 12.3. The van der Waals surface area contributed by atoms with Crippen molar-refractivity contribution in [3.05, 3.63) is 58.0 Å². The van der Waals surface area contributed by atoms with Crippen LogP contribution in [0.3, 0.4) is 0 Å². The molecule has 0 aliphatic carbocycles. The molecule has 0 unspecified atom stereocenters. The Morgan fingerprint density at radius 2 is 1.85 bits per heavy atom. The molecule has 2 rings (SSSR count). The standard InChI is InChI=1S/C19H18ClNO4S/c1-13(2)25-19-14(5-4-6-18(19)24-3)11-17(12-21)26(22,23)16-9-7-15(20)8-10-16/h4-11,13H,1-3H3. The molecule has 0 heterocycles. The maximum absolute atomic E-state index is 12.8. The van der Waals surface area contributed by atoms with Crippen molar-refractivity contribution in [1.29, 1.82) is 5.26 Å². The van der Waals surface area contributed by atoms with Crippen LogP contribution in [0.25, 0.3) is 6.08 Å². The molecule has 0 spiro atoms. The van der Waals surface area contributed by atoms with E-state index in [0.29, 0.717) is 22.1 Å². The largest absolute Gasteiger partial charge is 0.493 e. The van der Waals surface area contributed by atoms with Crippen LogP contribution in [0, 0.1) is 11.3 Å². The molecule has 0 radical (unpaired) electrons. The summed E-state index contributed by atoms with van der Waals surface area (Å²) in [6.07, 6.45) is 1.13. The Morgan fingerprint density at radius 1 is 1.19 bits per heavy atom. The normalized spacial score (nSPS) is 11.9. The van der Waals surface area contributed by atoms with E-state index in [2.05, 4.69) is 0 Å². The molecule has 5 nitrogen and oxygen atoms in total. The van der Waals surface area contributed by atoms with Crippen molar-refractivity contribution in [2.45, 2.75) is 24.8 Å². The number of rotatable bonds is 6. The van der Waals surface area contributed by atoms with Gasteiger partial charge in [-0.25, -0.2) is 8.42 Å². The van der Waals surface area contributed by atoms with E-state index in [0.717, 1.165) is 0 Å². The molecule has 2 aromatic carbocycles. The Balaban J connectivity index is 2.59. The molecule has 0 N–H and O–H groups in total. The molecule has 7 heteroatoms. The third-order valence-corrected chi connectivity index (χ3v) is 5.33. The van der Waals surface area contributed by atoms with Gasteiger partial charge in [0, 0.05) is 10.6 Å². The highest BCUT2D eigenvalue weighted by Crippen LogP contribution is 2.34. The highest BCUT2D eigenvalue weighted by molar-refractivity contribution is 7.95. The number of para-hydroxylation sites is 1. The van der Waals surface area contributed by atoms with Gasteiger partial charge in [-0.2, -0.15) is 5.26 Å². The molecule has 0 aliphatic rings. The van der Waals surface area contributed by atoms with Crippen LogP contribution in [0.5, 0.6) is 11.5 Å². The van der Waals surface area contributed by atoms with E-state index in [1.807, 2.05) is 13.8 Å². The Kier molecular flexibility index (Phi) is 6.30. The second-order valence-electron chi connectivity index (χ2n) is 5.62. The maximum atomic E-state index is 12.8. The highest BCUT2D eigenvalue weighted by Gasteiger charge is 2.22. The molecule has 0 aromatic heterocycles. The van der Waals surface area contributed by atoms with Crippen LogP contribution in [-0.2, 0) is 9.84 Å². The van der Waals surface area contributed by atoms with Gasteiger partial charge in [-0.1, -0.05) is 23.7 Å². The minimum absolute atomic E-state index is 0.0103. The average Bonchev–Trinajstić information content (AvgIpc) is 2.60. The van der Waals surface area contributed by atoms with E-state index in [1.54, 1.807) is 24.3 Å². The predicted octanol–water partition coefficient (Wildman–Crippen LogP) is 4.47. The summed E-state index contributed by atoms with van der Waals surface area (Å²) in [5.74, 6) is 0.831. The molecule has 136 valence electrons. The monoisotopic (exact) mass is 391 g/mol. The van der Waals surface area contributed by atoms with Gasteiger partial charge in [-0.05, 0) is 50.3 Å². The molecule has 0 saturated heterocycles. The van der Waals surface area contributed by atoms with Gasteiger partial charge >= 0.3 is 0 Å². The van der Waals surface area contributed by atoms with Gasteiger partial charge in [-0.15, -0.1) is 0 Å². The van der Waals surface area contributed by atoms with E-state index < -0.39 is 14.7 Å². The quantitative estimate of drug-likeness (QED) is 0.679. The van der Waals surface area contributed by atoms with Crippen LogP contribution in [0.2, 0.25) is 5.02 Å². The smallest absolute Gasteiger partial charge is 0.216 e. The van der Waals surface area contributed by atoms with E-state index in [-0.39, 0.29) is 11.0 Å². The summed E-state index contributed by atoms with van der Waals surface area (Å²) in [6, 6.07) is 12.5. The first-order valence-electron chi connectivity index (χ1n) is 7.75. The van der Waals surface area contributed by atoms with Gasteiger partial charge in [0.2, 0.25) is 9.84 Å². The zero-order valence-corrected chi connectivity index (χ0v) is 16.1. The zero-order chi connectivity index (χ0) is 19.3. The number of hydrogen-bond donors (Lipinski definition) is 0. The number of nitrogens with zero attached hydrogens (tertiary/aromatic N) is 1. The number of allylic oxidation sites excluding steroid dienone is 1. The van der Waals surface area contributed by atoms with Crippen molar-refractivity contribution in [3.63, 3.8) is 0 Å². The first-order valence-corrected chi connectivity index (χ1v) is 9.61. The number of nitriles is 1. The van der Waals surface area contributed by atoms with Crippen molar-refractivity contribution in [2.75, 3.05) is 7.11 Å². The number of hydrogen-bond acceptors (Lipinski definition) is 5. The van der Waals surface area contributed by atoms with Crippen LogP contribution >= 0.6 is 11.6 Å². The second-order valence-corrected chi connectivity index (χ2v) is 7.98. The third kappa shape index (κ3) is 4.37. The Labute approximate surface area is 158 Å². The van der Waals surface area contributed by atoms with Gasteiger partial charge in [-0.3, -0.25) is 0 Å². The number of halogens is 1. The summed E-state index contributed by atoms with van der Waals surface area (Å²) in [4.78, 5) is -0.411. The Hall–Kier alpha value is -2.49.